The fraction of sp³-hybridized carbons (Fsp3) is 0.294. The van der Waals surface area contributed by atoms with Crippen LogP contribution in [0.2, 0.25) is 10.0 Å². The van der Waals surface area contributed by atoms with E-state index in [0.29, 0.717) is 26.9 Å². The molecule has 0 fully saturated rings. The van der Waals surface area contributed by atoms with Gasteiger partial charge in [0.1, 0.15) is 0 Å². The molecule has 4 nitrogen and oxygen atoms in total. The SMILES string of the molecule is CC(=O)C1=C(C)N(C)C(C)=C(C(=O)O)C1c1ccc(Cl)c(Cl)c1. The third-order valence-electron chi connectivity index (χ3n) is 4.25. The molecule has 1 atom stereocenters. The van der Waals surface area contributed by atoms with Gasteiger partial charge in [-0.1, -0.05) is 29.3 Å². The molecule has 2 rings (SSSR count). The van der Waals surface area contributed by atoms with Crippen molar-refractivity contribution in [2.75, 3.05) is 7.05 Å². The molecule has 0 spiro atoms. The van der Waals surface area contributed by atoms with Gasteiger partial charge in [0.15, 0.2) is 5.78 Å². The van der Waals surface area contributed by atoms with Crippen LogP contribution in [-0.2, 0) is 9.59 Å². The summed E-state index contributed by atoms with van der Waals surface area (Å²) in [5.74, 6) is -1.90. The molecule has 0 radical (unpaired) electrons. The standard InChI is InChI=1S/C17H17Cl2NO3/c1-8-14(10(3)21)16(11-5-6-12(18)13(19)7-11)15(17(22)23)9(2)20(8)4/h5-7,16H,1-4H3,(H,22,23). The second-order valence-corrected chi connectivity index (χ2v) is 6.34. The van der Waals surface area contributed by atoms with Crippen molar-refractivity contribution in [2.45, 2.75) is 26.7 Å². The fourth-order valence-electron chi connectivity index (χ4n) is 2.94. The Labute approximate surface area is 145 Å². The Morgan fingerprint density at radius 3 is 2.13 bits per heavy atom. The normalized spacial score (nSPS) is 18.5. The minimum atomic E-state index is -1.06. The zero-order valence-electron chi connectivity index (χ0n) is 13.3. The number of halogens is 2. The Balaban J connectivity index is 2.78. The topological polar surface area (TPSA) is 57.6 Å². The number of carboxylic acid groups (broad SMARTS) is 1. The maximum absolute atomic E-state index is 12.2. The molecule has 1 N–H and O–H groups in total. The van der Waals surface area contributed by atoms with E-state index < -0.39 is 11.9 Å². The van der Waals surface area contributed by atoms with Crippen molar-refractivity contribution in [3.05, 3.63) is 56.3 Å². The predicted molar refractivity (Wildman–Crippen MR) is 90.7 cm³/mol. The first-order chi connectivity index (χ1) is 10.7. The van der Waals surface area contributed by atoms with Gasteiger partial charge in [-0.2, -0.15) is 0 Å². The number of allylic oxidation sites excluding steroid dienone is 3. The van der Waals surface area contributed by atoms with Crippen LogP contribution >= 0.6 is 23.2 Å². The van der Waals surface area contributed by atoms with Crippen LogP contribution in [0.4, 0.5) is 0 Å². The minimum Gasteiger partial charge on any atom is -0.478 e. The Morgan fingerprint density at radius 2 is 1.65 bits per heavy atom. The summed E-state index contributed by atoms with van der Waals surface area (Å²) < 4.78 is 0. The monoisotopic (exact) mass is 353 g/mol. The van der Waals surface area contributed by atoms with E-state index in [-0.39, 0.29) is 11.4 Å². The number of carbonyl (C=O) groups is 2. The van der Waals surface area contributed by atoms with E-state index in [4.69, 9.17) is 23.2 Å². The molecule has 23 heavy (non-hydrogen) atoms. The van der Waals surface area contributed by atoms with Crippen LogP contribution in [0.3, 0.4) is 0 Å². The molecule has 1 aromatic carbocycles. The molecule has 0 saturated carbocycles. The average Bonchev–Trinajstić information content (AvgIpc) is 2.46. The summed E-state index contributed by atoms with van der Waals surface area (Å²) in [7, 11) is 1.75. The molecule has 1 aromatic rings. The van der Waals surface area contributed by atoms with Crippen LogP contribution < -0.4 is 0 Å². The lowest BCUT2D eigenvalue weighted by molar-refractivity contribution is -0.133. The summed E-state index contributed by atoms with van der Waals surface area (Å²) in [6.45, 7) is 4.98. The summed E-state index contributed by atoms with van der Waals surface area (Å²) in [4.78, 5) is 25.8. The molecular formula is C17H17Cl2NO3. The minimum absolute atomic E-state index is 0.168. The van der Waals surface area contributed by atoms with E-state index >= 15 is 0 Å². The Morgan fingerprint density at radius 1 is 1.09 bits per heavy atom. The zero-order chi connectivity index (χ0) is 17.5. The summed E-state index contributed by atoms with van der Waals surface area (Å²) in [5.41, 5.74) is 2.58. The quantitative estimate of drug-likeness (QED) is 0.882. The van der Waals surface area contributed by atoms with E-state index in [1.807, 2.05) is 6.92 Å². The lowest BCUT2D eigenvalue weighted by Gasteiger charge is -2.35. The van der Waals surface area contributed by atoms with Crippen molar-refractivity contribution >= 4 is 35.0 Å². The van der Waals surface area contributed by atoms with Crippen LogP contribution in [-0.4, -0.2) is 28.8 Å². The largest absolute Gasteiger partial charge is 0.478 e. The van der Waals surface area contributed by atoms with Crippen molar-refractivity contribution < 1.29 is 14.7 Å². The first kappa shape index (κ1) is 17.6. The van der Waals surface area contributed by atoms with Gasteiger partial charge in [0, 0.05) is 29.9 Å². The highest BCUT2D eigenvalue weighted by molar-refractivity contribution is 6.42. The van der Waals surface area contributed by atoms with Crippen molar-refractivity contribution in [3.8, 4) is 0 Å². The summed E-state index contributed by atoms with van der Waals surface area (Å²) in [5, 5.41) is 10.4. The zero-order valence-corrected chi connectivity index (χ0v) is 14.8. The predicted octanol–water partition coefficient (Wildman–Crippen LogP) is 4.24. The molecule has 0 aromatic heterocycles. The molecule has 6 heteroatoms. The molecule has 1 aliphatic rings. The van der Waals surface area contributed by atoms with E-state index in [9.17, 15) is 14.7 Å². The number of benzene rings is 1. The summed E-state index contributed by atoms with van der Waals surface area (Å²) in [6, 6.07) is 4.93. The number of carboxylic acids is 1. The Kier molecular flexibility index (Phi) is 4.87. The van der Waals surface area contributed by atoms with E-state index in [1.54, 1.807) is 37.1 Å². The van der Waals surface area contributed by atoms with Crippen LogP contribution in [0, 0.1) is 0 Å². The first-order valence-electron chi connectivity index (χ1n) is 7.01. The third-order valence-corrected chi connectivity index (χ3v) is 4.99. The second kappa shape index (κ2) is 6.38. The van der Waals surface area contributed by atoms with Gasteiger partial charge in [-0.3, -0.25) is 4.79 Å². The van der Waals surface area contributed by atoms with Crippen molar-refractivity contribution in [1.82, 2.24) is 4.90 Å². The van der Waals surface area contributed by atoms with E-state index in [2.05, 4.69) is 0 Å². The number of rotatable bonds is 3. The Bertz CT molecular complexity index is 727. The highest BCUT2D eigenvalue weighted by Gasteiger charge is 2.37. The average molecular weight is 354 g/mol. The van der Waals surface area contributed by atoms with Gasteiger partial charge in [-0.15, -0.1) is 0 Å². The molecular weight excluding hydrogens is 337 g/mol. The molecule has 0 bridgehead atoms. The summed E-state index contributed by atoms with van der Waals surface area (Å²) in [6.07, 6.45) is 0. The highest BCUT2D eigenvalue weighted by atomic mass is 35.5. The second-order valence-electron chi connectivity index (χ2n) is 5.53. The molecule has 0 amide bonds. The van der Waals surface area contributed by atoms with Crippen molar-refractivity contribution in [3.63, 3.8) is 0 Å². The fourth-order valence-corrected chi connectivity index (χ4v) is 3.24. The van der Waals surface area contributed by atoms with Crippen LogP contribution in [0.15, 0.2) is 40.7 Å². The molecule has 1 unspecified atom stereocenters. The molecule has 0 saturated heterocycles. The third kappa shape index (κ3) is 3.01. The van der Waals surface area contributed by atoms with Gasteiger partial charge in [0.2, 0.25) is 0 Å². The number of carbonyl (C=O) groups excluding carboxylic acids is 1. The van der Waals surface area contributed by atoms with Crippen LogP contribution in [0.1, 0.15) is 32.3 Å². The first-order valence-corrected chi connectivity index (χ1v) is 7.76. The number of aliphatic carboxylic acids is 1. The molecule has 1 heterocycles. The van der Waals surface area contributed by atoms with Crippen molar-refractivity contribution in [1.29, 1.82) is 0 Å². The lowest BCUT2D eigenvalue weighted by atomic mass is 9.78. The molecule has 1 aliphatic heterocycles. The van der Waals surface area contributed by atoms with Crippen molar-refractivity contribution in [2.24, 2.45) is 0 Å². The maximum Gasteiger partial charge on any atom is 0.334 e. The van der Waals surface area contributed by atoms with E-state index in [0.717, 1.165) is 5.70 Å². The number of hydrogen-bond acceptors (Lipinski definition) is 3. The smallest absolute Gasteiger partial charge is 0.334 e. The molecule has 122 valence electrons. The number of hydrogen-bond donors (Lipinski definition) is 1. The van der Waals surface area contributed by atoms with E-state index in [1.165, 1.54) is 6.92 Å². The maximum atomic E-state index is 12.2. The summed E-state index contributed by atoms with van der Waals surface area (Å²) >= 11 is 12.0. The lowest BCUT2D eigenvalue weighted by Crippen LogP contribution is -2.31. The van der Waals surface area contributed by atoms with Gasteiger partial charge in [-0.25, -0.2) is 4.79 Å². The van der Waals surface area contributed by atoms with Gasteiger partial charge >= 0.3 is 5.97 Å². The number of Topliss-reactive ketones (excluding diaryl/α,β-unsaturated/α-hetero) is 1. The number of nitrogens with zero attached hydrogens (tertiary/aromatic N) is 1. The van der Waals surface area contributed by atoms with Gasteiger partial charge in [0.25, 0.3) is 0 Å². The molecule has 0 aliphatic carbocycles. The highest BCUT2D eigenvalue weighted by Crippen LogP contribution is 2.42. The van der Waals surface area contributed by atoms with Gasteiger partial charge in [-0.05, 0) is 38.5 Å². The van der Waals surface area contributed by atoms with Crippen LogP contribution in [0.25, 0.3) is 0 Å². The number of ketones is 1. The van der Waals surface area contributed by atoms with Gasteiger partial charge in [0.05, 0.1) is 15.6 Å². The Hall–Kier alpha value is -1.78. The van der Waals surface area contributed by atoms with Crippen LogP contribution in [0.5, 0.6) is 0 Å². The van der Waals surface area contributed by atoms with Gasteiger partial charge < -0.3 is 10.0 Å².